The van der Waals surface area contributed by atoms with Gasteiger partial charge in [0.15, 0.2) is 0 Å². The summed E-state index contributed by atoms with van der Waals surface area (Å²) >= 11 is 0. The third-order valence-corrected chi connectivity index (χ3v) is 8.38. The van der Waals surface area contributed by atoms with Gasteiger partial charge in [0, 0.05) is 24.0 Å². The molecule has 0 unspecified atom stereocenters. The number of nitrogens with zero attached hydrogens (tertiary/aromatic N) is 1. The Bertz CT molecular complexity index is 1120. The SMILES string of the molecule is Cc1c(C(=O)N[C@H]2C[C@H](C(=O)O)C2)cc(-c2cc(C(C)(C)C)cc(C(C)(C)F)c2)n1CC1CCCCC1. The van der Waals surface area contributed by atoms with E-state index in [9.17, 15) is 14.7 Å². The number of carboxylic acid groups (broad SMARTS) is 1. The molecule has 0 aliphatic heterocycles. The van der Waals surface area contributed by atoms with Gasteiger partial charge in [0.25, 0.3) is 5.91 Å². The molecule has 202 valence electrons. The fraction of sp³-hybridized carbons (Fsp3) is 0.613. The van der Waals surface area contributed by atoms with Crippen molar-refractivity contribution in [3.05, 3.63) is 46.6 Å². The molecule has 37 heavy (non-hydrogen) atoms. The maximum absolute atomic E-state index is 15.2. The number of hydrogen-bond donors (Lipinski definition) is 2. The van der Waals surface area contributed by atoms with E-state index in [1.54, 1.807) is 13.8 Å². The number of rotatable bonds is 7. The molecule has 5 nitrogen and oxygen atoms in total. The van der Waals surface area contributed by atoms with E-state index in [-0.39, 0.29) is 23.3 Å². The number of benzene rings is 1. The van der Waals surface area contributed by atoms with Crippen molar-refractivity contribution in [2.24, 2.45) is 11.8 Å². The quantitative estimate of drug-likeness (QED) is 0.416. The standard InChI is InChI=1S/C31H43FN2O3/c1-19-26(28(35)33-25-14-22(15-25)29(36)37)17-27(34(19)18-20-10-8-7-9-11-20)21-12-23(30(2,3)4)16-24(13-21)31(5,6)32/h12-13,16-17,20,22,25H,7-11,14-15,18H2,1-6H3,(H,33,35)(H,36,37)/t22-,25-. The molecule has 2 N–H and O–H groups in total. The minimum Gasteiger partial charge on any atom is -0.481 e. The third kappa shape index (κ3) is 6.10. The minimum atomic E-state index is -1.49. The van der Waals surface area contributed by atoms with Crippen LogP contribution in [0, 0.1) is 18.8 Å². The van der Waals surface area contributed by atoms with Crippen LogP contribution in [-0.4, -0.2) is 27.6 Å². The zero-order valence-electron chi connectivity index (χ0n) is 23.3. The van der Waals surface area contributed by atoms with Crippen LogP contribution in [0.15, 0.2) is 24.3 Å². The molecule has 1 aromatic carbocycles. The Kier molecular flexibility index (Phi) is 7.60. The maximum atomic E-state index is 15.2. The number of amides is 1. The zero-order valence-corrected chi connectivity index (χ0v) is 23.3. The molecule has 0 atom stereocenters. The molecule has 2 aromatic rings. The highest BCUT2D eigenvalue weighted by atomic mass is 19.1. The second kappa shape index (κ2) is 10.3. The van der Waals surface area contributed by atoms with Crippen LogP contribution in [0.1, 0.15) is 107 Å². The van der Waals surface area contributed by atoms with Crippen LogP contribution in [-0.2, 0) is 22.4 Å². The van der Waals surface area contributed by atoms with Gasteiger partial charge < -0.3 is 15.0 Å². The number of alkyl halides is 1. The molecular formula is C31H43FN2O3. The highest BCUT2D eigenvalue weighted by Crippen LogP contribution is 2.37. The first-order valence-corrected chi connectivity index (χ1v) is 13.8. The summed E-state index contributed by atoms with van der Waals surface area (Å²) in [5.74, 6) is -0.776. The Morgan fingerprint density at radius 3 is 2.19 bits per heavy atom. The fourth-order valence-electron chi connectivity index (χ4n) is 5.73. The van der Waals surface area contributed by atoms with Gasteiger partial charge >= 0.3 is 5.97 Å². The van der Waals surface area contributed by atoms with E-state index >= 15 is 4.39 Å². The second-order valence-corrected chi connectivity index (χ2v) is 12.8. The van der Waals surface area contributed by atoms with Crippen LogP contribution in [0.25, 0.3) is 11.3 Å². The number of carbonyl (C=O) groups is 2. The van der Waals surface area contributed by atoms with E-state index in [1.807, 2.05) is 25.1 Å². The first kappa shape index (κ1) is 27.4. The van der Waals surface area contributed by atoms with E-state index in [1.165, 1.54) is 32.1 Å². The predicted octanol–water partition coefficient (Wildman–Crippen LogP) is 7.14. The van der Waals surface area contributed by atoms with Crippen LogP contribution in [0.4, 0.5) is 4.39 Å². The Balaban J connectivity index is 1.75. The van der Waals surface area contributed by atoms with Gasteiger partial charge in [-0.3, -0.25) is 9.59 Å². The van der Waals surface area contributed by atoms with Gasteiger partial charge in [-0.05, 0) is 92.7 Å². The maximum Gasteiger partial charge on any atom is 0.306 e. The normalized spacial score (nSPS) is 20.9. The van der Waals surface area contributed by atoms with Gasteiger partial charge in [-0.25, -0.2) is 4.39 Å². The number of nitrogens with one attached hydrogen (secondary N) is 1. The zero-order chi connectivity index (χ0) is 27.1. The average molecular weight is 511 g/mol. The lowest BCUT2D eigenvalue weighted by Gasteiger charge is -2.32. The summed E-state index contributed by atoms with van der Waals surface area (Å²) in [7, 11) is 0. The summed E-state index contributed by atoms with van der Waals surface area (Å²) in [6, 6.07) is 7.89. The Morgan fingerprint density at radius 2 is 1.62 bits per heavy atom. The van der Waals surface area contributed by atoms with Crippen LogP contribution < -0.4 is 5.32 Å². The lowest BCUT2D eigenvalue weighted by atomic mass is 9.80. The van der Waals surface area contributed by atoms with Gasteiger partial charge in [0.2, 0.25) is 0 Å². The number of carbonyl (C=O) groups excluding carboxylic acids is 1. The summed E-state index contributed by atoms with van der Waals surface area (Å²) in [4.78, 5) is 24.5. The molecule has 2 saturated carbocycles. The average Bonchev–Trinajstić information content (AvgIpc) is 3.11. The molecule has 6 heteroatoms. The highest BCUT2D eigenvalue weighted by Gasteiger charge is 2.36. The van der Waals surface area contributed by atoms with Crippen molar-refractivity contribution in [2.75, 3.05) is 0 Å². The van der Waals surface area contributed by atoms with Gasteiger partial charge in [-0.1, -0.05) is 46.1 Å². The summed E-state index contributed by atoms with van der Waals surface area (Å²) in [5.41, 5.74) is 3.46. The summed E-state index contributed by atoms with van der Waals surface area (Å²) < 4.78 is 17.5. The molecule has 0 spiro atoms. The van der Waals surface area contributed by atoms with E-state index in [0.717, 1.165) is 29.1 Å². The number of hydrogen-bond acceptors (Lipinski definition) is 2. The van der Waals surface area contributed by atoms with Crippen molar-refractivity contribution in [3.63, 3.8) is 0 Å². The predicted molar refractivity (Wildman–Crippen MR) is 146 cm³/mol. The van der Waals surface area contributed by atoms with Gasteiger partial charge in [-0.2, -0.15) is 0 Å². The van der Waals surface area contributed by atoms with Crippen molar-refractivity contribution in [1.82, 2.24) is 9.88 Å². The van der Waals surface area contributed by atoms with E-state index in [0.29, 0.717) is 29.9 Å². The molecule has 2 fully saturated rings. The molecular weight excluding hydrogens is 467 g/mol. The summed E-state index contributed by atoms with van der Waals surface area (Å²) in [6.07, 6.45) is 7.06. The van der Waals surface area contributed by atoms with Crippen molar-refractivity contribution < 1.29 is 19.1 Å². The topological polar surface area (TPSA) is 71.3 Å². The van der Waals surface area contributed by atoms with Crippen LogP contribution in [0.3, 0.4) is 0 Å². The van der Waals surface area contributed by atoms with Gasteiger partial charge in [0.1, 0.15) is 5.67 Å². The molecule has 1 heterocycles. The molecule has 2 aliphatic rings. The molecule has 4 rings (SSSR count). The lowest BCUT2D eigenvalue weighted by Crippen LogP contribution is -2.46. The largest absolute Gasteiger partial charge is 0.481 e. The monoisotopic (exact) mass is 510 g/mol. The first-order valence-electron chi connectivity index (χ1n) is 13.8. The first-order chi connectivity index (χ1) is 17.2. The van der Waals surface area contributed by atoms with Crippen LogP contribution in [0.2, 0.25) is 0 Å². The fourth-order valence-corrected chi connectivity index (χ4v) is 5.73. The second-order valence-electron chi connectivity index (χ2n) is 12.8. The Morgan fingerprint density at radius 1 is 1.00 bits per heavy atom. The molecule has 2 aliphatic carbocycles. The molecule has 0 saturated heterocycles. The van der Waals surface area contributed by atoms with Crippen molar-refractivity contribution in [1.29, 1.82) is 0 Å². The molecule has 0 radical (unpaired) electrons. The number of aliphatic carboxylic acids is 1. The lowest BCUT2D eigenvalue weighted by molar-refractivity contribution is -0.145. The third-order valence-electron chi connectivity index (χ3n) is 8.38. The van der Waals surface area contributed by atoms with Crippen molar-refractivity contribution in [2.45, 2.75) is 110 Å². The van der Waals surface area contributed by atoms with E-state index < -0.39 is 11.6 Å². The summed E-state index contributed by atoms with van der Waals surface area (Å²) in [5, 5.41) is 12.2. The van der Waals surface area contributed by atoms with E-state index in [4.69, 9.17) is 0 Å². The highest BCUT2D eigenvalue weighted by molar-refractivity contribution is 5.97. The Labute approximate surface area is 220 Å². The Hall–Kier alpha value is -2.63. The summed E-state index contributed by atoms with van der Waals surface area (Å²) in [6.45, 7) is 12.4. The minimum absolute atomic E-state index is 0.110. The molecule has 1 aromatic heterocycles. The molecule has 1 amide bonds. The van der Waals surface area contributed by atoms with Crippen molar-refractivity contribution >= 4 is 11.9 Å². The van der Waals surface area contributed by atoms with Gasteiger partial charge in [0.05, 0.1) is 11.5 Å². The van der Waals surface area contributed by atoms with E-state index in [2.05, 4.69) is 36.7 Å². The van der Waals surface area contributed by atoms with Crippen molar-refractivity contribution in [3.8, 4) is 11.3 Å². The number of carboxylic acids is 1. The number of halogens is 1. The van der Waals surface area contributed by atoms with Crippen LogP contribution in [0.5, 0.6) is 0 Å². The smallest absolute Gasteiger partial charge is 0.306 e. The molecule has 0 bridgehead atoms. The van der Waals surface area contributed by atoms with Gasteiger partial charge in [-0.15, -0.1) is 0 Å². The number of aromatic nitrogens is 1. The van der Waals surface area contributed by atoms with Crippen LogP contribution >= 0.6 is 0 Å².